The van der Waals surface area contributed by atoms with Gasteiger partial charge in [-0.15, -0.1) is 0 Å². The smallest absolute Gasteiger partial charge is 0.193 e. The fraction of sp³-hybridized carbons (Fsp3) is 0.353. The normalized spacial score (nSPS) is 11.1. The lowest BCUT2D eigenvalue weighted by Gasteiger charge is -2.17. The van der Waals surface area contributed by atoms with Crippen molar-refractivity contribution in [1.82, 2.24) is 20.4 Å². The van der Waals surface area contributed by atoms with Crippen LogP contribution in [0.3, 0.4) is 0 Å². The van der Waals surface area contributed by atoms with Crippen LogP contribution in [-0.4, -0.2) is 41.7 Å². The highest BCUT2D eigenvalue weighted by Crippen LogP contribution is 2.12. The highest BCUT2D eigenvalue weighted by atomic mass is 15.3. The standard InChI is InChI=1S/C17H23N7/c1-24(2)17(21-12-13-7-4-3-5-8-13)20-10-6-9-15-14(11-18)16(19)23-22-15/h3-5,7-8H,6,9-10,12H2,1-2H3,(H,20,21)(H3,19,22,23). The Bertz CT molecular complexity index is 710. The topological polar surface area (TPSA) is 106 Å². The molecule has 1 heterocycles. The molecule has 0 atom stereocenters. The molecular weight excluding hydrogens is 302 g/mol. The van der Waals surface area contributed by atoms with Crippen LogP contribution in [0.1, 0.15) is 23.2 Å². The molecule has 0 radical (unpaired) electrons. The van der Waals surface area contributed by atoms with Crippen LogP contribution >= 0.6 is 0 Å². The minimum Gasteiger partial charge on any atom is -0.381 e. The molecule has 7 heteroatoms. The van der Waals surface area contributed by atoms with E-state index in [9.17, 15) is 0 Å². The predicted molar refractivity (Wildman–Crippen MR) is 95.3 cm³/mol. The zero-order valence-corrected chi connectivity index (χ0v) is 14.1. The van der Waals surface area contributed by atoms with Crippen LogP contribution in [0.15, 0.2) is 35.3 Å². The number of aliphatic imine (C=N–C) groups is 1. The van der Waals surface area contributed by atoms with Crippen LogP contribution in [0.2, 0.25) is 0 Å². The Morgan fingerprint density at radius 3 is 2.79 bits per heavy atom. The quantitative estimate of drug-likeness (QED) is 0.424. The number of H-pyrrole nitrogens is 1. The van der Waals surface area contributed by atoms with Crippen molar-refractivity contribution in [2.24, 2.45) is 4.99 Å². The van der Waals surface area contributed by atoms with Gasteiger partial charge in [0, 0.05) is 20.6 Å². The lowest BCUT2D eigenvalue weighted by Crippen LogP contribution is -2.37. The third-order valence-corrected chi connectivity index (χ3v) is 3.55. The maximum atomic E-state index is 9.05. The Morgan fingerprint density at radius 2 is 2.12 bits per heavy atom. The monoisotopic (exact) mass is 325 g/mol. The van der Waals surface area contributed by atoms with E-state index in [0.29, 0.717) is 18.5 Å². The van der Waals surface area contributed by atoms with Gasteiger partial charge in [-0.05, 0) is 18.4 Å². The van der Waals surface area contributed by atoms with Crippen molar-refractivity contribution < 1.29 is 0 Å². The molecule has 0 bridgehead atoms. The van der Waals surface area contributed by atoms with Crippen molar-refractivity contribution in [3.05, 3.63) is 47.2 Å². The first-order chi connectivity index (χ1) is 11.6. The first-order valence-electron chi connectivity index (χ1n) is 7.84. The number of hydrogen-bond acceptors (Lipinski definition) is 4. The summed E-state index contributed by atoms with van der Waals surface area (Å²) in [6.45, 7) is 1.38. The van der Waals surface area contributed by atoms with Gasteiger partial charge < -0.3 is 16.0 Å². The van der Waals surface area contributed by atoms with Gasteiger partial charge in [-0.2, -0.15) is 10.4 Å². The van der Waals surface area contributed by atoms with E-state index < -0.39 is 0 Å². The van der Waals surface area contributed by atoms with Gasteiger partial charge >= 0.3 is 0 Å². The van der Waals surface area contributed by atoms with E-state index in [1.165, 1.54) is 5.56 Å². The van der Waals surface area contributed by atoms with E-state index in [4.69, 9.17) is 11.0 Å². The van der Waals surface area contributed by atoms with Crippen LogP contribution in [0.4, 0.5) is 5.82 Å². The summed E-state index contributed by atoms with van der Waals surface area (Å²) in [5, 5.41) is 19.1. The van der Waals surface area contributed by atoms with Gasteiger partial charge in [-0.1, -0.05) is 30.3 Å². The number of rotatable bonds is 6. The summed E-state index contributed by atoms with van der Waals surface area (Å²) in [6.07, 6.45) is 1.55. The van der Waals surface area contributed by atoms with Crippen molar-refractivity contribution in [3.8, 4) is 6.07 Å². The number of nitriles is 1. The summed E-state index contributed by atoms with van der Waals surface area (Å²) < 4.78 is 0. The average molecular weight is 325 g/mol. The molecule has 0 aliphatic rings. The Hall–Kier alpha value is -3.01. The summed E-state index contributed by atoms with van der Waals surface area (Å²) in [5.74, 6) is 1.10. The highest BCUT2D eigenvalue weighted by molar-refractivity contribution is 5.79. The molecule has 2 aromatic rings. The zero-order chi connectivity index (χ0) is 17.4. The SMILES string of the molecule is CN(C)C(=NCc1ccccc1)NCCCc1[nH]nc(N)c1C#N. The van der Waals surface area contributed by atoms with Crippen molar-refractivity contribution >= 4 is 11.8 Å². The molecule has 2 rings (SSSR count). The van der Waals surface area contributed by atoms with Crippen molar-refractivity contribution in [2.75, 3.05) is 26.4 Å². The lowest BCUT2D eigenvalue weighted by molar-refractivity contribution is 0.574. The number of nitrogens with zero attached hydrogens (tertiary/aromatic N) is 4. The van der Waals surface area contributed by atoms with E-state index >= 15 is 0 Å². The number of anilines is 1. The minimum absolute atomic E-state index is 0.263. The van der Waals surface area contributed by atoms with Gasteiger partial charge in [0.1, 0.15) is 11.6 Å². The highest BCUT2D eigenvalue weighted by Gasteiger charge is 2.09. The molecule has 1 aromatic carbocycles. The third-order valence-electron chi connectivity index (χ3n) is 3.55. The molecule has 1 aromatic heterocycles. The summed E-state index contributed by atoms with van der Waals surface area (Å²) in [7, 11) is 3.92. The minimum atomic E-state index is 0.263. The largest absolute Gasteiger partial charge is 0.381 e. The zero-order valence-electron chi connectivity index (χ0n) is 14.1. The molecular formula is C17H23N7. The van der Waals surface area contributed by atoms with Crippen LogP contribution in [0.5, 0.6) is 0 Å². The molecule has 0 saturated carbocycles. The maximum absolute atomic E-state index is 9.05. The maximum Gasteiger partial charge on any atom is 0.193 e. The molecule has 0 amide bonds. The molecule has 126 valence electrons. The Balaban J connectivity index is 1.84. The summed E-state index contributed by atoms with van der Waals surface area (Å²) >= 11 is 0. The molecule has 0 aliphatic heterocycles. The van der Waals surface area contributed by atoms with E-state index in [1.807, 2.05) is 37.2 Å². The molecule has 0 fully saturated rings. The Morgan fingerprint density at radius 1 is 1.38 bits per heavy atom. The van der Waals surface area contributed by atoms with Gasteiger partial charge in [0.15, 0.2) is 11.8 Å². The molecule has 4 N–H and O–H groups in total. The van der Waals surface area contributed by atoms with Gasteiger partial charge in [0.2, 0.25) is 0 Å². The number of hydrogen-bond donors (Lipinski definition) is 3. The fourth-order valence-corrected chi connectivity index (χ4v) is 2.27. The molecule has 7 nitrogen and oxygen atoms in total. The van der Waals surface area contributed by atoms with Crippen LogP contribution < -0.4 is 11.1 Å². The van der Waals surface area contributed by atoms with Crippen molar-refractivity contribution in [2.45, 2.75) is 19.4 Å². The third kappa shape index (κ3) is 4.74. The van der Waals surface area contributed by atoms with Gasteiger partial charge in [0.25, 0.3) is 0 Å². The molecule has 0 spiro atoms. The number of aryl methyl sites for hydroxylation is 1. The molecule has 0 saturated heterocycles. The second-order valence-electron chi connectivity index (χ2n) is 5.62. The van der Waals surface area contributed by atoms with E-state index in [2.05, 4.69) is 38.7 Å². The first kappa shape index (κ1) is 17.3. The Kier molecular flexibility index (Phi) is 6.20. The number of aromatic nitrogens is 2. The number of guanidine groups is 1. The van der Waals surface area contributed by atoms with Gasteiger partial charge in [-0.3, -0.25) is 5.10 Å². The van der Waals surface area contributed by atoms with E-state index in [0.717, 1.165) is 24.6 Å². The van der Waals surface area contributed by atoms with E-state index in [-0.39, 0.29) is 5.82 Å². The van der Waals surface area contributed by atoms with Crippen LogP contribution in [0, 0.1) is 11.3 Å². The van der Waals surface area contributed by atoms with Crippen molar-refractivity contribution in [3.63, 3.8) is 0 Å². The number of nitrogens with two attached hydrogens (primary N) is 1. The second-order valence-corrected chi connectivity index (χ2v) is 5.62. The summed E-state index contributed by atoms with van der Waals surface area (Å²) in [4.78, 5) is 6.57. The Labute approximate surface area is 142 Å². The van der Waals surface area contributed by atoms with Crippen LogP contribution in [-0.2, 0) is 13.0 Å². The second kappa shape index (κ2) is 8.58. The number of aromatic amines is 1. The van der Waals surface area contributed by atoms with E-state index in [1.54, 1.807) is 0 Å². The average Bonchev–Trinajstić information content (AvgIpc) is 2.94. The number of nitrogen functional groups attached to an aromatic ring is 1. The lowest BCUT2D eigenvalue weighted by atomic mass is 10.1. The number of nitrogens with one attached hydrogen (secondary N) is 2. The molecule has 0 aliphatic carbocycles. The fourth-order valence-electron chi connectivity index (χ4n) is 2.27. The first-order valence-corrected chi connectivity index (χ1v) is 7.84. The van der Waals surface area contributed by atoms with Crippen molar-refractivity contribution in [1.29, 1.82) is 5.26 Å². The molecule has 0 unspecified atom stereocenters. The summed E-state index contributed by atoms with van der Waals surface area (Å²) in [6, 6.07) is 12.2. The predicted octanol–water partition coefficient (Wildman–Crippen LogP) is 1.50. The van der Waals surface area contributed by atoms with Gasteiger partial charge in [-0.25, -0.2) is 4.99 Å². The molecule has 24 heavy (non-hydrogen) atoms. The number of benzene rings is 1. The van der Waals surface area contributed by atoms with Gasteiger partial charge in [0.05, 0.1) is 12.2 Å². The summed E-state index contributed by atoms with van der Waals surface area (Å²) in [5.41, 5.74) is 8.03. The van der Waals surface area contributed by atoms with Crippen LogP contribution in [0.25, 0.3) is 0 Å².